The summed E-state index contributed by atoms with van der Waals surface area (Å²) in [7, 11) is 0. The van der Waals surface area contributed by atoms with Crippen molar-refractivity contribution in [1.29, 1.82) is 0 Å². The molecule has 0 amide bonds. The zero-order valence-electron chi connectivity index (χ0n) is 9.63. The van der Waals surface area contributed by atoms with E-state index in [0.717, 1.165) is 10.6 Å². The first-order valence-corrected chi connectivity index (χ1v) is 5.52. The molecule has 0 spiro atoms. The van der Waals surface area contributed by atoms with Crippen molar-refractivity contribution in [1.82, 2.24) is 14.5 Å². The number of fused-ring (bicyclic) bond motifs is 1. The first kappa shape index (κ1) is 11.3. The highest BCUT2D eigenvalue weighted by atomic mass is 19.1. The minimum absolute atomic E-state index is 0.176. The smallest absolute Gasteiger partial charge is 0.306 e. The van der Waals surface area contributed by atoms with Gasteiger partial charge in [-0.15, -0.1) is 0 Å². The highest BCUT2D eigenvalue weighted by Gasteiger charge is 2.09. The van der Waals surface area contributed by atoms with Crippen LogP contribution in [0.4, 0.5) is 4.39 Å². The van der Waals surface area contributed by atoms with Crippen molar-refractivity contribution >= 4 is 10.9 Å². The Labute approximate surface area is 106 Å². The van der Waals surface area contributed by atoms with Crippen LogP contribution in [-0.2, 0) is 0 Å². The number of H-pyrrole nitrogens is 1. The monoisotopic (exact) mass is 257 g/mol. The molecule has 3 rings (SSSR count). The number of halogens is 1. The molecule has 0 aliphatic rings. The molecule has 0 bridgehead atoms. The molecule has 0 saturated carbocycles. The summed E-state index contributed by atoms with van der Waals surface area (Å²) in [6.45, 7) is 0. The van der Waals surface area contributed by atoms with Gasteiger partial charge in [-0.1, -0.05) is 0 Å². The van der Waals surface area contributed by atoms with Gasteiger partial charge < -0.3 is 4.98 Å². The van der Waals surface area contributed by atoms with E-state index in [1.165, 1.54) is 18.3 Å². The molecule has 1 N–H and O–H groups in total. The lowest BCUT2D eigenvalue weighted by Gasteiger charge is -2.05. The van der Waals surface area contributed by atoms with Crippen molar-refractivity contribution in [3.63, 3.8) is 0 Å². The van der Waals surface area contributed by atoms with Gasteiger partial charge in [-0.05, 0) is 30.3 Å². The van der Waals surface area contributed by atoms with Gasteiger partial charge in [0.05, 0.1) is 22.8 Å². The lowest BCUT2D eigenvalue weighted by atomic mass is 10.2. The average Bonchev–Trinajstić information content (AvgIpc) is 2.39. The van der Waals surface area contributed by atoms with Gasteiger partial charge in [0.2, 0.25) is 0 Å². The van der Waals surface area contributed by atoms with Gasteiger partial charge in [0, 0.05) is 6.20 Å². The van der Waals surface area contributed by atoms with Crippen molar-refractivity contribution in [2.45, 2.75) is 0 Å². The summed E-state index contributed by atoms with van der Waals surface area (Å²) in [6, 6.07) is 6.85. The Hall–Kier alpha value is -2.76. The number of pyridine rings is 1. The molecule has 94 valence electrons. The Morgan fingerprint density at radius 3 is 2.79 bits per heavy atom. The van der Waals surface area contributed by atoms with Gasteiger partial charge in [0.15, 0.2) is 0 Å². The molecule has 2 aromatic heterocycles. The van der Waals surface area contributed by atoms with Crippen molar-refractivity contribution in [3.05, 3.63) is 69.4 Å². The average molecular weight is 257 g/mol. The van der Waals surface area contributed by atoms with Crippen LogP contribution >= 0.6 is 0 Å². The molecular weight excluding hydrogens is 249 g/mol. The van der Waals surface area contributed by atoms with Crippen LogP contribution in [0.1, 0.15) is 0 Å². The Kier molecular flexibility index (Phi) is 2.49. The van der Waals surface area contributed by atoms with Gasteiger partial charge in [-0.3, -0.25) is 9.78 Å². The molecule has 0 saturated heterocycles. The van der Waals surface area contributed by atoms with Crippen LogP contribution in [0.3, 0.4) is 0 Å². The van der Waals surface area contributed by atoms with E-state index in [9.17, 15) is 14.0 Å². The fraction of sp³-hybridized carbons (Fsp3) is 0. The van der Waals surface area contributed by atoms with Crippen molar-refractivity contribution < 1.29 is 4.39 Å². The van der Waals surface area contributed by atoms with Crippen LogP contribution in [0, 0.1) is 5.82 Å². The predicted octanol–water partition coefficient (Wildman–Crippen LogP) is 1.21. The second-order valence-electron chi connectivity index (χ2n) is 3.97. The lowest BCUT2D eigenvalue weighted by Crippen LogP contribution is -2.33. The normalized spacial score (nSPS) is 10.8. The molecule has 2 heterocycles. The van der Waals surface area contributed by atoms with E-state index >= 15 is 0 Å². The number of benzene rings is 1. The van der Waals surface area contributed by atoms with E-state index in [1.54, 1.807) is 18.3 Å². The van der Waals surface area contributed by atoms with Crippen LogP contribution in [0.2, 0.25) is 0 Å². The summed E-state index contributed by atoms with van der Waals surface area (Å²) >= 11 is 0. The van der Waals surface area contributed by atoms with Gasteiger partial charge in [0.1, 0.15) is 5.82 Å². The zero-order valence-corrected chi connectivity index (χ0v) is 9.63. The first-order valence-electron chi connectivity index (χ1n) is 5.52. The van der Waals surface area contributed by atoms with E-state index in [1.807, 2.05) is 0 Å². The van der Waals surface area contributed by atoms with E-state index in [4.69, 9.17) is 0 Å². The number of hydrogen-bond acceptors (Lipinski definition) is 3. The van der Waals surface area contributed by atoms with Gasteiger partial charge in [0.25, 0.3) is 5.56 Å². The van der Waals surface area contributed by atoms with Gasteiger partial charge in [-0.2, -0.15) is 0 Å². The number of nitrogens with one attached hydrogen (secondary N) is 1. The van der Waals surface area contributed by atoms with E-state index in [0.29, 0.717) is 5.69 Å². The third-order valence-electron chi connectivity index (χ3n) is 2.76. The second kappa shape index (κ2) is 4.16. The summed E-state index contributed by atoms with van der Waals surface area (Å²) in [4.78, 5) is 30.5. The minimum Gasteiger partial charge on any atom is -0.306 e. The maximum atomic E-state index is 13.1. The molecule has 0 aliphatic carbocycles. The zero-order chi connectivity index (χ0) is 13.4. The molecule has 19 heavy (non-hydrogen) atoms. The topological polar surface area (TPSA) is 67.8 Å². The number of aromatic amines is 1. The van der Waals surface area contributed by atoms with Crippen molar-refractivity contribution in [2.75, 3.05) is 0 Å². The number of aromatic nitrogens is 3. The Balaban J connectivity index is 2.43. The molecule has 3 aromatic rings. The quantitative estimate of drug-likeness (QED) is 0.712. The van der Waals surface area contributed by atoms with Gasteiger partial charge >= 0.3 is 5.69 Å². The highest BCUT2D eigenvalue weighted by Crippen LogP contribution is 2.08. The second-order valence-corrected chi connectivity index (χ2v) is 3.97. The van der Waals surface area contributed by atoms with Crippen molar-refractivity contribution in [3.8, 4) is 5.69 Å². The fourth-order valence-corrected chi connectivity index (χ4v) is 1.91. The molecular formula is C13H8FN3O2. The summed E-state index contributed by atoms with van der Waals surface area (Å²) in [5, 5.41) is 0.241. The van der Waals surface area contributed by atoms with E-state index < -0.39 is 17.1 Å². The SMILES string of the molecule is O=c1[nH]c2cc(F)ccc2c(=O)n1-c1cccnc1. The Bertz CT molecular complexity index is 868. The molecule has 5 nitrogen and oxygen atoms in total. The Morgan fingerprint density at radius 1 is 1.21 bits per heavy atom. The van der Waals surface area contributed by atoms with E-state index in [2.05, 4.69) is 9.97 Å². The first-order chi connectivity index (χ1) is 9.16. The summed E-state index contributed by atoms with van der Waals surface area (Å²) in [5.74, 6) is -0.512. The summed E-state index contributed by atoms with van der Waals surface area (Å²) in [6.07, 6.45) is 2.95. The molecule has 0 unspecified atom stereocenters. The van der Waals surface area contributed by atoms with E-state index in [-0.39, 0.29) is 10.9 Å². The van der Waals surface area contributed by atoms with Crippen LogP contribution in [-0.4, -0.2) is 14.5 Å². The van der Waals surface area contributed by atoms with Crippen LogP contribution in [0.15, 0.2) is 52.3 Å². The predicted molar refractivity (Wildman–Crippen MR) is 67.9 cm³/mol. The lowest BCUT2D eigenvalue weighted by molar-refractivity contribution is 0.629. The van der Waals surface area contributed by atoms with Gasteiger partial charge in [-0.25, -0.2) is 13.8 Å². The maximum Gasteiger partial charge on any atom is 0.333 e. The molecule has 0 fully saturated rings. The molecule has 0 atom stereocenters. The van der Waals surface area contributed by atoms with Crippen molar-refractivity contribution in [2.24, 2.45) is 0 Å². The standard InChI is InChI=1S/C13H8FN3O2/c14-8-3-4-10-11(6-8)16-13(19)17(12(10)18)9-2-1-5-15-7-9/h1-7H,(H,16,19). The number of rotatable bonds is 1. The molecule has 0 radical (unpaired) electrons. The number of nitrogens with zero attached hydrogens (tertiary/aromatic N) is 2. The molecule has 6 heteroatoms. The third-order valence-corrected chi connectivity index (χ3v) is 2.76. The summed E-state index contributed by atoms with van der Waals surface area (Å²) < 4.78 is 14.0. The van der Waals surface area contributed by atoms with Crippen LogP contribution < -0.4 is 11.2 Å². The third kappa shape index (κ3) is 1.83. The Morgan fingerprint density at radius 2 is 2.05 bits per heavy atom. The largest absolute Gasteiger partial charge is 0.333 e. The summed E-state index contributed by atoms with van der Waals surface area (Å²) in [5.41, 5.74) is -0.599. The molecule has 1 aromatic carbocycles. The highest BCUT2D eigenvalue weighted by molar-refractivity contribution is 5.77. The number of hydrogen-bond donors (Lipinski definition) is 1. The molecule has 0 aliphatic heterocycles. The fourth-order valence-electron chi connectivity index (χ4n) is 1.91. The van der Waals surface area contributed by atoms with Crippen LogP contribution in [0.25, 0.3) is 16.6 Å². The maximum absolute atomic E-state index is 13.1. The minimum atomic E-state index is -0.629. The van der Waals surface area contributed by atoms with Crippen LogP contribution in [0.5, 0.6) is 0 Å².